The molecular formula is C19H23N3O2. The maximum Gasteiger partial charge on any atom is 0.315 e. The molecule has 1 aromatic carbocycles. The number of carbonyl (C=O) groups is 1. The highest BCUT2D eigenvalue weighted by atomic mass is 16.2. The van der Waals surface area contributed by atoms with Gasteiger partial charge < -0.3 is 15.2 Å². The summed E-state index contributed by atoms with van der Waals surface area (Å²) >= 11 is 0. The third-order valence-corrected chi connectivity index (χ3v) is 4.40. The van der Waals surface area contributed by atoms with Crippen molar-refractivity contribution in [1.82, 2.24) is 15.2 Å². The van der Waals surface area contributed by atoms with E-state index in [1.807, 2.05) is 18.2 Å². The summed E-state index contributed by atoms with van der Waals surface area (Å²) in [7, 11) is 0. The number of unbranched alkanes of at least 4 members (excludes halogenated alkanes) is 1. The van der Waals surface area contributed by atoms with Gasteiger partial charge in [0.05, 0.1) is 0 Å². The number of aromatic nitrogens is 1. The van der Waals surface area contributed by atoms with E-state index in [0.29, 0.717) is 13.1 Å². The molecule has 2 N–H and O–H groups in total. The molecule has 1 aromatic heterocycles. The van der Waals surface area contributed by atoms with Gasteiger partial charge >= 0.3 is 6.03 Å². The standard InChI is InChI=1S/C19H23N3O2/c23-18-9-3-5-11-22(18)12-6-4-10-20-19(24)21-17-13-15-7-1-2-8-16(15)14-17/h1-3,5,7-9,11,17H,4,6,10,12-14H2,(H2,20,21,24). The van der Waals surface area contributed by atoms with Crippen molar-refractivity contribution >= 4 is 6.03 Å². The SMILES string of the molecule is O=C(NCCCCn1ccccc1=O)NC1Cc2ccccc2C1. The molecule has 3 rings (SSSR count). The van der Waals surface area contributed by atoms with E-state index < -0.39 is 0 Å². The van der Waals surface area contributed by atoms with Gasteiger partial charge in [-0.15, -0.1) is 0 Å². The Morgan fingerprint density at radius 3 is 2.46 bits per heavy atom. The zero-order valence-electron chi connectivity index (χ0n) is 13.7. The normalized spacial score (nSPS) is 13.5. The summed E-state index contributed by atoms with van der Waals surface area (Å²) in [6.45, 7) is 1.30. The zero-order chi connectivity index (χ0) is 16.8. The summed E-state index contributed by atoms with van der Waals surface area (Å²) in [5.41, 5.74) is 2.68. The predicted octanol–water partition coefficient (Wildman–Crippen LogP) is 2.10. The Morgan fingerprint density at radius 1 is 1.04 bits per heavy atom. The van der Waals surface area contributed by atoms with Gasteiger partial charge in [-0.1, -0.05) is 30.3 Å². The first-order chi connectivity index (χ1) is 11.7. The summed E-state index contributed by atoms with van der Waals surface area (Å²) in [5, 5.41) is 5.94. The van der Waals surface area contributed by atoms with Crippen molar-refractivity contribution in [2.45, 2.75) is 38.3 Å². The van der Waals surface area contributed by atoms with Crippen LogP contribution in [0.2, 0.25) is 0 Å². The fraction of sp³-hybridized carbons (Fsp3) is 0.368. The van der Waals surface area contributed by atoms with Crippen molar-refractivity contribution in [3.8, 4) is 0 Å². The number of aryl methyl sites for hydroxylation is 1. The molecule has 0 fully saturated rings. The second-order valence-electron chi connectivity index (χ2n) is 6.21. The van der Waals surface area contributed by atoms with Gasteiger partial charge in [-0.05, 0) is 42.9 Å². The molecule has 0 atom stereocenters. The van der Waals surface area contributed by atoms with E-state index in [1.54, 1.807) is 22.9 Å². The van der Waals surface area contributed by atoms with Crippen LogP contribution in [0.3, 0.4) is 0 Å². The average Bonchev–Trinajstić information content (AvgIpc) is 2.98. The van der Waals surface area contributed by atoms with Gasteiger partial charge in [-0.3, -0.25) is 4.79 Å². The number of carbonyl (C=O) groups excluding carboxylic acids is 1. The molecule has 1 aliphatic carbocycles. The minimum absolute atomic E-state index is 0.0176. The number of nitrogens with one attached hydrogen (secondary N) is 2. The molecule has 2 aromatic rings. The molecule has 2 amide bonds. The van der Waals surface area contributed by atoms with E-state index in [4.69, 9.17) is 0 Å². The third-order valence-electron chi connectivity index (χ3n) is 4.40. The Morgan fingerprint density at radius 2 is 1.75 bits per heavy atom. The molecule has 24 heavy (non-hydrogen) atoms. The van der Waals surface area contributed by atoms with Crippen LogP contribution < -0.4 is 16.2 Å². The largest absolute Gasteiger partial charge is 0.338 e. The fourth-order valence-electron chi connectivity index (χ4n) is 3.15. The summed E-state index contributed by atoms with van der Waals surface area (Å²) in [6, 6.07) is 13.6. The van der Waals surface area contributed by atoms with Crippen LogP contribution in [-0.4, -0.2) is 23.2 Å². The van der Waals surface area contributed by atoms with Gasteiger partial charge in [0.15, 0.2) is 0 Å². The Bertz CT molecular complexity index is 729. The monoisotopic (exact) mass is 325 g/mol. The average molecular weight is 325 g/mol. The lowest BCUT2D eigenvalue weighted by molar-refractivity contribution is 0.237. The number of hydrogen-bond donors (Lipinski definition) is 2. The number of hydrogen-bond acceptors (Lipinski definition) is 2. The van der Waals surface area contributed by atoms with Crippen LogP contribution in [0.25, 0.3) is 0 Å². The highest BCUT2D eigenvalue weighted by Gasteiger charge is 2.21. The molecule has 0 radical (unpaired) electrons. The van der Waals surface area contributed by atoms with E-state index in [2.05, 4.69) is 22.8 Å². The highest BCUT2D eigenvalue weighted by molar-refractivity contribution is 5.74. The molecule has 126 valence electrons. The van der Waals surface area contributed by atoms with Crippen molar-refractivity contribution in [1.29, 1.82) is 0 Å². The van der Waals surface area contributed by atoms with Crippen molar-refractivity contribution in [2.24, 2.45) is 0 Å². The number of pyridine rings is 1. The van der Waals surface area contributed by atoms with Crippen LogP contribution in [-0.2, 0) is 19.4 Å². The molecule has 0 aliphatic heterocycles. The quantitative estimate of drug-likeness (QED) is 0.799. The topological polar surface area (TPSA) is 63.1 Å². The molecule has 0 saturated carbocycles. The van der Waals surface area contributed by atoms with E-state index in [1.165, 1.54) is 11.1 Å². The minimum atomic E-state index is -0.107. The van der Waals surface area contributed by atoms with Gasteiger partial charge in [0.25, 0.3) is 0 Å². The van der Waals surface area contributed by atoms with Gasteiger partial charge in [-0.2, -0.15) is 0 Å². The number of urea groups is 1. The Labute approximate surface area is 141 Å². The first kappa shape index (κ1) is 16.3. The molecule has 0 bridgehead atoms. The Hall–Kier alpha value is -2.56. The predicted molar refractivity (Wildman–Crippen MR) is 94.1 cm³/mol. The van der Waals surface area contributed by atoms with Crippen LogP contribution in [0, 0.1) is 0 Å². The lowest BCUT2D eigenvalue weighted by Gasteiger charge is -2.13. The second-order valence-corrected chi connectivity index (χ2v) is 6.21. The lowest BCUT2D eigenvalue weighted by atomic mass is 10.1. The molecule has 1 heterocycles. The summed E-state index contributed by atoms with van der Waals surface area (Å²) < 4.78 is 1.69. The molecule has 5 heteroatoms. The third kappa shape index (κ3) is 4.25. The summed E-state index contributed by atoms with van der Waals surface area (Å²) in [4.78, 5) is 23.5. The smallest absolute Gasteiger partial charge is 0.315 e. The van der Waals surface area contributed by atoms with Crippen LogP contribution in [0.1, 0.15) is 24.0 Å². The number of amides is 2. The van der Waals surface area contributed by atoms with E-state index in [0.717, 1.165) is 25.7 Å². The van der Waals surface area contributed by atoms with E-state index in [9.17, 15) is 9.59 Å². The molecular weight excluding hydrogens is 302 g/mol. The molecule has 0 saturated heterocycles. The van der Waals surface area contributed by atoms with Crippen molar-refractivity contribution in [2.75, 3.05) is 6.54 Å². The van der Waals surface area contributed by atoms with E-state index in [-0.39, 0.29) is 17.6 Å². The maximum atomic E-state index is 12.0. The number of fused-ring (bicyclic) bond motifs is 1. The van der Waals surface area contributed by atoms with Crippen LogP contribution in [0.15, 0.2) is 53.5 Å². The fourth-order valence-corrected chi connectivity index (χ4v) is 3.15. The summed E-state index contributed by atoms with van der Waals surface area (Å²) in [5.74, 6) is 0. The van der Waals surface area contributed by atoms with Crippen LogP contribution in [0.5, 0.6) is 0 Å². The maximum absolute atomic E-state index is 12.0. The number of rotatable bonds is 6. The van der Waals surface area contributed by atoms with Gasteiger partial charge in [0, 0.05) is 31.4 Å². The summed E-state index contributed by atoms with van der Waals surface area (Å²) in [6.07, 6.45) is 5.31. The van der Waals surface area contributed by atoms with Gasteiger partial charge in [0.1, 0.15) is 0 Å². The first-order valence-corrected chi connectivity index (χ1v) is 8.49. The van der Waals surface area contributed by atoms with Crippen molar-refractivity contribution in [3.63, 3.8) is 0 Å². The Balaban J connectivity index is 1.32. The molecule has 5 nitrogen and oxygen atoms in total. The molecule has 0 unspecified atom stereocenters. The van der Waals surface area contributed by atoms with Gasteiger partial charge in [-0.25, -0.2) is 4.79 Å². The van der Waals surface area contributed by atoms with Crippen LogP contribution in [0.4, 0.5) is 4.79 Å². The van der Waals surface area contributed by atoms with Gasteiger partial charge in [0.2, 0.25) is 5.56 Å². The van der Waals surface area contributed by atoms with Crippen molar-refractivity contribution < 1.29 is 4.79 Å². The zero-order valence-corrected chi connectivity index (χ0v) is 13.7. The van der Waals surface area contributed by atoms with Crippen molar-refractivity contribution in [3.05, 3.63) is 70.1 Å². The Kier molecular flexibility index (Phi) is 5.31. The minimum Gasteiger partial charge on any atom is -0.338 e. The molecule has 1 aliphatic rings. The lowest BCUT2D eigenvalue weighted by Crippen LogP contribution is -2.42. The first-order valence-electron chi connectivity index (χ1n) is 8.49. The highest BCUT2D eigenvalue weighted by Crippen LogP contribution is 2.21. The van der Waals surface area contributed by atoms with Crippen LogP contribution >= 0.6 is 0 Å². The second kappa shape index (κ2) is 7.81. The van der Waals surface area contributed by atoms with E-state index >= 15 is 0 Å². The number of benzene rings is 1. The molecule has 0 spiro atoms. The number of nitrogens with zero attached hydrogens (tertiary/aromatic N) is 1.